The van der Waals surface area contributed by atoms with Gasteiger partial charge in [-0.15, -0.1) is 0 Å². The predicted octanol–water partition coefficient (Wildman–Crippen LogP) is 6.39. The van der Waals surface area contributed by atoms with Crippen molar-refractivity contribution >= 4 is 23.2 Å². The van der Waals surface area contributed by atoms with Crippen molar-refractivity contribution in [1.29, 1.82) is 0 Å². The van der Waals surface area contributed by atoms with E-state index in [1.54, 1.807) is 12.1 Å². The third-order valence-corrected chi connectivity index (χ3v) is 4.79. The summed E-state index contributed by atoms with van der Waals surface area (Å²) < 4.78 is 24.7. The highest BCUT2D eigenvalue weighted by Gasteiger charge is 2.12. The number of unbranched alkanes of at least 4 members (excludes halogenated alkanes) is 2. The molecule has 0 unspecified atom stereocenters. The van der Waals surface area contributed by atoms with Crippen molar-refractivity contribution in [3.05, 3.63) is 57.3 Å². The molecule has 1 N–H and O–H groups in total. The van der Waals surface area contributed by atoms with Crippen molar-refractivity contribution in [2.45, 2.75) is 46.3 Å². The van der Waals surface area contributed by atoms with Crippen molar-refractivity contribution in [2.24, 2.45) is 0 Å². The van der Waals surface area contributed by atoms with Crippen molar-refractivity contribution in [1.82, 2.24) is 5.32 Å². The van der Waals surface area contributed by atoms with E-state index < -0.39 is 0 Å². The lowest BCUT2D eigenvalue weighted by Gasteiger charge is -2.16. The maximum Gasteiger partial charge on any atom is 0.163 e. The molecule has 2 aromatic rings. The first-order valence-electron chi connectivity index (χ1n) is 9.27. The molecule has 0 atom stereocenters. The van der Waals surface area contributed by atoms with Gasteiger partial charge in [-0.3, -0.25) is 0 Å². The molecule has 0 aromatic heterocycles. The zero-order chi connectivity index (χ0) is 19.6. The van der Waals surface area contributed by atoms with Crippen LogP contribution in [0.1, 0.15) is 44.2 Å². The molecule has 0 saturated carbocycles. The highest BCUT2D eigenvalue weighted by Crippen LogP contribution is 2.34. The molecular formula is C21H26Cl2FNO2. The minimum atomic E-state index is -0.377. The molecule has 2 aromatic carbocycles. The van der Waals surface area contributed by atoms with Crippen molar-refractivity contribution < 1.29 is 13.9 Å². The second kappa shape index (κ2) is 11.4. The molecule has 0 amide bonds. The van der Waals surface area contributed by atoms with E-state index in [1.807, 2.05) is 13.0 Å². The molecule has 0 aliphatic carbocycles. The standard InChI is InChI=1S/C21H26Cl2FNO2/c1-3-5-6-9-25-13-16-10-20(26-4-2)21(12-19(16)23)27-14-15-7-8-17(24)11-18(15)22/h7-8,10-12,25H,3-6,9,13-14H2,1-2H3. The van der Waals surface area contributed by atoms with E-state index in [0.717, 1.165) is 18.5 Å². The van der Waals surface area contributed by atoms with Crippen LogP contribution in [-0.4, -0.2) is 13.2 Å². The Balaban J connectivity index is 2.07. The minimum Gasteiger partial charge on any atom is -0.490 e. The second-order valence-corrected chi connectivity index (χ2v) is 7.05. The SMILES string of the molecule is CCCCCNCc1cc(OCC)c(OCc2ccc(F)cc2Cl)cc1Cl. The fourth-order valence-electron chi connectivity index (χ4n) is 2.61. The van der Waals surface area contributed by atoms with Gasteiger partial charge in [-0.1, -0.05) is 49.0 Å². The second-order valence-electron chi connectivity index (χ2n) is 6.23. The van der Waals surface area contributed by atoms with E-state index in [0.29, 0.717) is 40.3 Å². The van der Waals surface area contributed by atoms with Crippen molar-refractivity contribution in [3.8, 4) is 11.5 Å². The van der Waals surface area contributed by atoms with E-state index in [4.69, 9.17) is 32.7 Å². The van der Waals surface area contributed by atoms with Gasteiger partial charge in [0.1, 0.15) is 12.4 Å². The molecule has 0 heterocycles. The third-order valence-electron chi connectivity index (χ3n) is 4.08. The first-order valence-corrected chi connectivity index (χ1v) is 10.0. The molecule has 0 aliphatic rings. The molecule has 3 nitrogen and oxygen atoms in total. The van der Waals surface area contributed by atoms with Crippen LogP contribution in [0.4, 0.5) is 4.39 Å². The molecule has 27 heavy (non-hydrogen) atoms. The normalized spacial score (nSPS) is 10.9. The van der Waals surface area contributed by atoms with Gasteiger partial charge < -0.3 is 14.8 Å². The van der Waals surface area contributed by atoms with Crippen LogP contribution in [0.15, 0.2) is 30.3 Å². The zero-order valence-electron chi connectivity index (χ0n) is 15.8. The number of hydrogen-bond acceptors (Lipinski definition) is 3. The van der Waals surface area contributed by atoms with Gasteiger partial charge in [-0.25, -0.2) is 4.39 Å². The van der Waals surface area contributed by atoms with Crippen LogP contribution < -0.4 is 14.8 Å². The van der Waals surface area contributed by atoms with E-state index in [1.165, 1.54) is 25.0 Å². The average Bonchev–Trinajstić information content (AvgIpc) is 2.63. The summed E-state index contributed by atoms with van der Waals surface area (Å²) >= 11 is 12.5. The first kappa shape index (κ1) is 21.8. The molecule has 0 aliphatic heterocycles. The van der Waals surface area contributed by atoms with Crippen LogP contribution >= 0.6 is 23.2 Å². The van der Waals surface area contributed by atoms with Crippen LogP contribution in [-0.2, 0) is 13.2 Å². The fourth-order valence-corrected chi connectivity index (χ4v) is 3.05. The van der Waals surface area contributed by atoms with Gasteiger partial charge in [0.05, 0.1) is 11.6 Å². The van der Waals surface area contributed by atoms with Gasteiger partial charge in [0, 0.05) is 23.2 Å². The van der Waals surface area contributed by atoms with Crippen LogP contribution in [0.5, 0.6) is 11.5 Å². The summed E-state index contributed by atoms with van der Waals surface area (Å²) in [6, 6.07) is 7.89. The van der Waals surface area contributed by atoms with E-state index in [2.05, 4.69) is 12.2 Å². The largest absolute Gasteiger partial charge is 0.490 e. The number of rotatable bonds is 11. The van der Waals surface area contributed by atoms with Gasteiger partial charge >= 0.3 is 0 Å². The highest BCUT2D eigenvalue weighted by molar-refractivity contribution is 6.31. The zero-order valence-corrected chi connectivity index (χ0v) is 17.3. The Labute approximate surface area is 170 Å². The molecule has 0 bridgehead atoms. The third kappa shape index (κ3) is 6.87. The fraction of sp³-hybridized carbons (Fsp3) is 0.429. The Hall–Kier alpha value is -1.49. The van der Waals surface area contributed by atoms with E-state index in [9.17, 15) is 4.39 Å². The number of halogens is 3. The van der Waals surface area contributed by atoms with Crippen molar-refractivity contribution in [3.63, 3.8) is 0 Å². The Morgan fingerprint density at radius 1 is 0.926 bits per heavy atom. The quantitative estimate of drug-likeness (QED) is 0.432. The van der Waals surface area contributed by atoms with Gasteiger partial charge in [0.15, 0.2) is 11.5 Å². The lowest BCUT2D eigenvalue weighted by atomic mass is 10.2. The minimum absolute atomic E-state index is 0.199. The molecule has 0 radical (unpaired) electrons. The number of hydrogen-bond donors (Lipinski definition) is 1. The maximum absolute atomic E-state index is 13.2. The number of nitrogens with one attached hydrogen (secondary N) is 1. The summed E-state index contributed by atoms with van der Waals surface area (Å²) in [5.74, 6) is 0.792. The maximum atomic E-state index is 13.2. The molecule has 6 heteroatoms. The van der Waals surface area contributed by atoms with Gasteiger partial charge in [-0.05, 0) is 43.7 Å². The summed E-state index contributed by atoms with van der Waals surface area (Å²) in [5, 5.41) is 4.34. The van der Waals surface area contributed by atoms with Crippen LogP contribution in [0.2, 0.25) is 10.0 Å². The molecule has 0 spiro atoms. The molecule has 2 rings (SSSR count). The van der Waals surface area contributed by atoms with Crippen LogP contribution in [0.3, 0.4) is 0 Å². The monoisotopic (exact) mass is 413 g/mol. The first-order chi connectivity index (χ1) is 13.0. The summed E-state index contributed by atoms with van der Waals surface area (Å²) in [6.07, 6.45) is 3.55. The Morgan fingerprint density at radius 2 is 1.67 bits per heavy atom. The molecule has 148 valence electrons. The summed E-state index contributed by atoms with van der Waals surface area (Å²) in [4.78, 5) is 0. The van der Waals surface area contributed by atoms with Crippen LogP contribution in [0.25, 0.3) is 0 Å². The Bertz CT molecular complexity index is 740. The van der Waals surface area contributed by atoms with Gasteiger partial charge in [0.2, 0.25) is 0 Å². The van der Waals surface area contributed by atoms with Gasteiger partial charge in [-0.2, -0.15) is 0 Å². The summed E-state index contributed by atoms with van der Waals surface area (Å²) in [5.41, 5.74) is 1.65. The topological polar surface area (TPSA) is 30.5 Å². The van der Waals surface area contributed by atoms with Crippen molar-refractivity contribution in [2.75, 3.05) is 13.2 Å². The van der Waals surface area contributed by atoms with E-state index >= 15 is 0 Å². The lowest BCUT2D eigenvalue weighted by molar-refractivity contribution is 0.269. The molecular weight excluding hydrogens is 388 g/mol. The van der Waals surface area contributed by atoms with Crippen LogP contribution in [0, 0.1) is 5.82 Å². The highest BCUT2D eigenvalue weighted by atomic mass is 35.5. The number of benzene rings is 2. The van der Waals surface area contributed by atoms with E-state index in [-0.39, 0.29) is 12.4 Å². The molecule has 0 saturated heterocycles. The average molecular weight is 414 g/mol. The van der Waals surface area contributed by atoms with Gasteiger partial charge in [0.25, 0.3) is 0 Å². The number of ether oxygens (including phenoxy) is 2. The predicted molar refractivity (Wildman–Crippen MR) is 110 cm³/mol. The smallest absolute Gasteiger partial charge is 0.163 e. The summed E-state index contributed by atoms with van der Waals surface area (Å²) in [7, 11) is 0. The lowest BCUT2D eigenvalue weighted by Crippen LogP contribution is -2.15. The summed E-state index contributed by atoms with van der Waals surface area (Å²) in [6.45, 7) is 6.44. The molecule has 0 fully saturated rings. The Kier molecular flexibility index (Phi) is 9.19. The Morgan fingerprint density at radius 3 is 2.37 bits per heavy atom.